The van der Waals surface area contributed by atoms with Gasteiger partial charge in [-0.1, -0.05) is 36.4 Å². The Morgan fingerprint density at radius 2 is 1.76 bits per heavy atom. The molecule has 1 N–H and O–H groups in total. The van der Waals surface area contributed by atoms with Crippen molar-refractivity contribution in [2.75, 3.05) is 12.4 Å². The number of nitrogens with zero attached hydrogens (tertiary/aromatic N) is 3. The summed E-state index contributed by atoms with van der Waals surface area (Å²) in [6, 6.07) is 11.9. The third-order valence-corrected chi connectivity index (χ3v) is 4.40. The molecule has 0 spiro atoms. The molecule has 0 saturated heterocycles. The van der Waals surface area contributed by atoms with Crippen LogP contribution in [0.5, 0.6) is 0 Å². The largest absolute Gasteiger partial charge is 0.372 e. The maximum atomic E-state index is 15.3. The molecule has 0 bridgehead atoms. The summed E-state index contributed by atoms with van der Waals surface area (Å²) < 4.78 is 15.3. The average Bonchev–Trinajstić information content (AvgIpc) is 2.62. The highest BCUT2D eigenvalue weighted by atomic mass is 19.1. The number of fused-ring (bicyclic) bond motifs is 2. The van der Waals surface area contributed by atoms with Crippen LogP contribution in [0.2, 0.25) is 0 Å². The van der Waals surface area contributed by atoms with Gasteiger partial charge < -0.3 is 5.32 Å². The van der Waals surface area contributed by atoms with Crippen LogP contribution in [0.3, 0.4) is 0 Å². The van der Waals surface area contributed by atoms with Gasteiger partial charge in [-0.2, -0.15) is 0 Å². The second kappa shape index (κ2) is 5.77. The summed E-state index contributed by atoms with van der Waals surface area (Å²) in [6.45, 7) is 3.78. The van der Waals surface area contributed by atoms with Crippen molar-refractivity contribution in [3.63, 3.8) is 0 Å². The third-order valence-electron chi connectivity index (χ3n) is 4.40. The Balaban J connectivity index is 2.08. The highest BCUT2D eigenvalue weighted by Crippen LogP contribution is 2.34. The molecule has 4 aromatic rings. The number of rotatable bonds is 2. The number of halogens is 1. The Hall–Kier alpha value is -3.08. The van der Waals surface area contributed by atoms with E-state index in [0.717, 1.165) is 21.9 Å². The summed E-state index contributed by atoms with van der Waals surface area (Å²) in [5, 5.41) is 5.63. The number of nitrogens with one attached hydrogen (secondary N) is 1. The van der Waals surface area contributed by atoms with E-state index in [1.54, 1.807) is 20.2 Å². The Bertz CT molecular complexity index is 1120. The molecular weight excluding hydrogens is 315 g/mol. The summed E-state index contributed by atoms with van der Waals surface area (Å²) in [5.41, 5.74) is 2.46. The van der Waals surface area contributed by atoms with Crippen molar-refractivity contribution in [3.8, 4) is 11.3 Å². The van der Waals surface area contributed by atoms with Crippen LogP contribution < -0.4 is 5.32 Å². The molecule has 0 atom stereocenters. The minimum absolute atomic E-state index is 0.285. The lowest BCUT2D eigenvalue weighted by atomic mass is 9.97. The summed E-state index contributed by atoms with van der Waals surface area (Å²) in [5.74, 6) is 0.673. The molecule has 25 heavy (non-hydrogen) atoms. The van der Waals surface area contributed by atoms with Crippen molar-refractivity contribution in [2.24, 2.45) is 0 Å². The number of benzene rings is 2. The molecular formula is C20H17FN4. The normalized spacial score (nSPS) is 11.2. The standard InChI is InChI=1S/C20H17FN4/c1-11-6-4-7-13-8-5-9-14(16(11)13)18-17(21)19-15(10-23-18)20(22-3)25-12(2)24-19/h4-10H,1-3H3,(H,22,24,25). The first-order chi connectivity index (χ1) is 12.1. The van der Waals surface area contributed by atoms with Gasteiger partial charge in [-0.15, -0.1) is 0 Å². The lowest BCUT2D eigenvalue weighted by molar-refractivity contribution is 0.634. The first-order valence-electron chi connectivity index (χ1n) is 8.09. The van der Waals surface area contributed by atoms with Gasteiger partial charge >= 0.3 is 0 Å². The summed E-state index contributed by atoms with van der Waals surface area (Å²) in [4.78, 5) is 13.0. The summed E-state index contributed by atoms with van der Waals surface area (Å²) in [7, 11) is 1.75. The molecule has 0 unspecified atom stereocenters. The number of aromatic nitrogens is 3. The van der Waals surface area contributed by atoms with Crippen molar-refractivity contribution >= 4 is 27.5 Å². The number of hydrogen-bond donors (Lipinski definition) is 1. The van der Waals surface area contributed by atoms with Gasteiger partial charge in [0, 0.05) is 18.8 Å². The number of anilines is 1. The number of hydrogen-bond acceptors (Lipinski definition) is 4. The average molecular weight is 332 g/mol. The number of aryl methyl sites for hydroxylation is 2. The summed E-state index contributed by atoms with van der Waals surface area (Å²) >= 11 is 0. The molecule has 0 amide bonds. The zero-order chi connectivity index (χ0) is 17.6. The van der Waals surface area contributed by atoms with Crippen molar-refractivity contribution in [3.05, 3.63) is 59.8 Å². The Labute approximate surface area is 144 Å². The van der Waals surface area contributed by atoms with Crippen LogP contribution in [-0.2, 0) is 0 Å². The smallest absolute Gasteiger partial charge is 0.175 e. The van der Waals surface area contributed by atoms with Gasteiger partial charge in [-0.05, 0) is 30.2 Å². The zero-order valence-electron chi connectivity index (χ0n) is 14.3. The maximum Gasteiger partial charge on any atom is 0.175 e. The first-order valence-corrected chi connectivity index (χ1v) is 8.09. The van der Waals surface area contributed by atoms with Gasteiger partial charge in [-0.3, -0.25) is 4.98 Å². The molecule has 2 aromatic heterocycles. The second-order valence-corrected chi connectivity index (χ2v) is 6.03. The van der Waals surface area contributed by atoms with E-state index in [1.807, 2.05) is 43.3 Å². The lowest BCUT2D eigenvalue weighted by Crippen LogP contribution is -2.02. The fraction of sp³-hybridized carbons (Fsp3) is 0.150. The van der Waals surface area contributed by atoms with Crippen molar-refractivity contribution in [1.82, 2.24) is 15.0 Å². The SMILES string of the molecule is CNc1nc(C)nc2c(F)c(-c3cccc4cccc(C)c34)ncc12. The van der Waals surface area contributed by atoms with E-state index in [2.05, 4.69) is 20.3 Å². The molecule has 0 saturated carbocycles. The fourth-order valence-corrected chi connectivity index (χ4v) is 3.27. The topological polar surface area (TPSA) is 50.7 Å². The van der Waals surface area contributed by atoms with Gasteiger partial charge in [0.2, 0.25) is 0 Å². The minimum atomic E-state index is -0.421. The quantitative estimate of drug-likeness (QED) is 0.581. The second-order valence-electron chi connectivity index (χ2n) is 6.03. The number of pyridine rings is 1. The van der Waals surface area contributed by atoms with E-state index in [1.165, 1.54) is 0 Å². The van der Waals surface area contributed by atoms with E-state index in [0.29, 0.717) is 22.7 Å². The minimum Gasteiger partial charge on any atom is -0.372 e. The highest BCUT2D eigenvalue weighted by Gasteiger charge is 2.17. The zero-order valence-corrected chi connectivity index (χ0v) is 14.3. The van der Waals surface area contributed by atoms with Gasteiger partial charge in [0.15, 0.2) is 5.82 Å². The molecule has 5 heteroatoms. The van der Waals surface area contributed by atoms with E-state index in [4.69, 9.17) is 0 Å². The van der Waals surface area contributed by atoms with Crippen LogP contribution in [0.1, 0.15) is 11.4 Å². The molecule has 0 aliphatic carbocycles. The predicted octanol–water partition coefficient (Wildman–Crippen LogP) is 4.64. The van der Waals surface area contributed by atoms with Crippen LogP contribution in [0, 0.1) is 19.7 Å². The van der Waals surface area contributed by atoms with Crippen LogP contribution in [0.25, 0.3) is 32.9 Å². The fourth-order valence-electron chi connectivity index (χ4n) is 3.27. The molecule has 124 valence electrons. The van der Waals surface area contributed by atoms with E-state index in [9.17, 15) is 0 Å². The Morgan fingerprint density at radius 1 is 1.00 bits per heavy atom. The van der Waals surface area contributed by atoms with Gasteiger partial charge in [0.05, 0.1) is 5.39 Å². The highest BCUT2D eigenvalue weighted by molar-refractivity contribution is 6.00. The van der Waals surface area contributed by atoms with Gasteiger partial charge in [0.25, 0.3) is 0 Å². The van der Waals surface area contributed by atoms with E-state index < -0.39 is 5.82 Å². The first kappa shape index (κ1) is 15.4. The molecule has 4 rings (SSSR count). The van der Waals surface area contributed by atoms with Crippen LogP contribution in [0.4, 0.5) is 10.2 Å². The molecule has 2 heterocycles. The van der Waals surface area contributed by atoms with Crippen LogP contribution in [0.15, 0.2) is 42.6 Å². The Morgan fingerprint density at radius 3 is 2.52 bits per heavy atom. The van der Waals surface area contributed by atoms with Crippen molar-refractivity contribution in [2.45, 2.75) is 13.8 Å². The molecule has 4 nitrogen and oxygen atoms in total. The van der Waals surface area contributed by atoms with E-state index >= 15 is 4.39 Å². The van der Waals surface area contributed by atoms with E-state index in [-0.39, 0.29) is 5.52 Å². The van der Waals surface area contributed by atoms with Gasteiger partial charge in [0.1, 0.15) is 22.9 Å². The van der Waals surface area contributed by atoms with Crippen molar-refractivity contribution in [1.29, 1.82) is 0 Å². The van der Waals surface area contributed by atoms with Gasteiger partial charge in [-0.25, -0.2) is 14.4 Å². The predicted molar refractivity (Wildman–Crippen MR) is 99.3 cm³/mol. The molecule has 0 fully saturated rings. The molecule has 0 aliphatic rings. The Kier molecular flexibility index (Phi) is 3.57. The van der Waals surface area contributed by atoms with Crippen molar-refractivity contribution < 1.29 is 4.39 Å². The molecule has 0 aliphatic heterocycles. The molecule has 2 aromatic carbocycles. The summed E-state index contributed by atoms with van der Waals surface area (Å²) in [6.07, 6.45) is 1.64. The lowest BCUT2D eigenvalue weighted by Gasteiger charge is -2.12. The van der Waals surface area contributed by atoms with Crippen LogP contribution in [-0.4, -0.2) is 22.0 Å². The maximum absolute atomic E-state index is 15.3. The monoisotopic (exact) mass is 332 g/mol. The molecule has 0 radical (unpaired) electrons. The van der Waals surface area contributed by atoms with Crippen LogP contribution >= 0.6 is 0 Å². The third kappa shape index (κ3) is 2.39.